The summed E-state index contributed by atoms with van der Waals surface area (Å²) in [6, 6.07) is 2.16. The molecule has 0 radical (unpaired) electrons. The number of thioether (sulfide) groups is 1. The number of halogens is 4. The minimum absolute atomic E-state index is 0.0120. The van der Waals surface area contributed by atoms with Crippen molar-refractivity contribution < 1.29 is 37.7 Å². The molecule has 3 unspecified atom stereocenters. The smallest absolute Gasteiger partial charge is 0.273 e. The van der Waals surface area contributed by atoms with Crippen molar-refractivity contribution in [3.63, 3.8) is 0 Å². The quantitative estimate of drug-likeness (QED) is 0.376. The molecule has 5 rings (SSSR count). The highest BCUT2D eigenvalue weighted by Gasteiger charge is 2.48. The van der Waals surface area contributed by atoms with Crippen molar-refractivity contribution >= 4 is 29.3 Å². The van der Waals surface area contributed by atoms with E-state index >= 15 is 0 Å². The SMILES string of the molecule is CCOC1C(n2cc(-c3cc(F)c(F)c(F)c3)nn2)[C@@H](O)C(CO)O[C@@H]1Sc1cc(Cl)cnc1C(=O)N1CCC1. The molecule has 2 saturated heterocycles. The number of nitrogens with zero attached hydrogens (tertiary/aromatic N) is 5. The van der Waals surface area contributed by atoms with Gasteiger partial charge in [0.2, 0.25) is 0 Å². The van der Waals surface area contributed by atoms with Crippen LogP contribution < -0.4 is 0 Å². The summed E-state index contributed by atoms with van der Waals surface area (Å²) < 4.78 is 54.4. The molecule has 2 aliphatic heterocycles. The van der Waals surface area contributed by atoms with Gasteiger partial charge in [0.05, 0.1) is 17.8 Å². The van der Waals surface area contributed by atoms with Crippen molar-refractivity contribution in [2.75, 3.05) is 26.3 Å². The number of aliphatic hydroxyl groups excluding tert-OH is 2. The fraction of sp³-hybridized carbons (Fsp3) is 0.440. The molecule has 0 saturated carbocycles. The molecule has 0 aliphatic carbocycles. The van der Waals surface area contributed by atoms with Gasteiger partial charge in [0.1, 0.15) is 41.2 Å². The third-order valence-corrected chi connectivity index (χ3v) is 8.07. The van der Waals surface area contributed by atoms with Crippen LogP contribution in [0.3, 0.4) is 0 Å². The monoisotopic (exact) mass is 599 g/mol. The molecule has 2 aliphatic rings. The molecule has 214 valence electrons. The zero-order valence-corrected chi connectivity index (χ0v) is 22.7. The lowest BCUT2D eigenvalue weighted by molar-refractivity contribution is -0.191. The van der Waals surface area contributed by atoms with Crippen molar-refractivity contribution in [1.82, 2.24) is 24.9 Å². The number of benzene rings is 1. The van der Waals surface area contributed by atoms with Crippen molar-refractivity contribution in [2.24, 2.45) is 0 Å². The van der Waals surface area contributed by atoms with Crippen LogP contribution in [0.1, 0.15) is 29.9 Å². The molecule has 0 spiro atoms. The van der Waals surface area contributed by atoms with Crippen molar-refractivity contribution in [1.29, 1.82) is 0 Å². The summed E-state index contributed by atoms with van der Waals surface area (Å²) in [6.07, 6.45) is 0.266. The molecule has 4 heterocycles. The standard InChI is InChI=1S/C25H25ClF3N5O5S/c1-2-38-23-21(34-10-16(31-32-34)12-6-14(27)19(29)15(28)7-12)22(36)17(11-35)39-25(23)40-18-8-13(26)9-30-20(18)24(37)33-4-3-5-33/h6-10,17,21-23,25,35-36H,2-5,11H2,1H3/t17?,21?,22-,23?,25+/m0/s1. The largest absolute Gasteiger partial charge is 0.394 e. The second-order valence-electron chi connectivity index (χ2n) is 9.23. The summed E-state index contributed by atoms with van der Waals surface area (Å²) in [5, 5.41) is 29.4. The van der Waals surface area contributed by atoms with Gasteiger partial charge in [-0.3, -0.25) is 4.79 Å². The average Bonchev–Trinajstić information content (AvgIpc) is 3.37. The topological polar surface area (TPSA) is 123 Å². The Kier molecular flexibility index (Phi) is 8.63. The van der Waals surface area contributed by atoms with Gasteiger partial charge in [-0.1, -0.05) is 28.6 Å². The summed E-state index contributed by atoms with van der Waals surface area (Å²) in [7, 11) is 0. The lowest BCUT2D eigenvalue weighted by Gasteiger charge is -2.43. The number of hydrogen-bond acceptors (Lipinski definition) is 9. The molecule has 2 aromatic heterocycles. The number of ether oxygens (including phenoxy) is 2. The third-order valence-electron chi connectivity index (χ3n) is 6.69. The number of aliphatic hydroxyl groups is 2. The van der Waals surface area contributed by atoms with Gasteiger partial charge in [0.25, 0.3) is 5.91 Å². The molecule has 1 aromatic carbocycles. The fourth-order valence-electron chi connectivity index (χ4n) is 4.55. The number of aromatic nitrogens is 4. The van der Waals surface area contributed by atoms with E-state index in [4.69, 9.17) is 21.1 Å². The number of pyridine rings is 1. The highest BCUT2D eigenvalue weighted by molar-refractivity contribution is 8.00. The van der Waals surface area contributed by atoms with Crippen molar-refractivity contribution in [3.8, 4) is 11.3 Å². The molecule has 40 heavy (non-hydrogen) atoms. The number of carbonyl (C=O) groups excluding carboxylic acids is 1. The molecule has 2 N–H and O–H groups in total. The van der Waals surface area contributed by atoms with Crippen molar-refractivity contribution in [3.05, 3.63) is 58.8 Å². The van der Waals surface area contributed by atoms with Gasteiger partial charge in [-0.05, 0) is 31.5 Å². The second kappa shape index (κ2) is 12.0. The van der Waals surface area contributed by atoms with Gasteiger partial charge in [-0.15, -0.1) is 5.10 Å². The Morgan fingerprint density at radius 2 is 1.98 bits per heavy atom. The van der Waals surface area contributed by atoms with E-state index in [9.17, 15) is 28.2 Å². The number of carbonyl (C=O) groups is 1. The highest BCUT2D eigenvalue weighted by Crippen LogP contribution is 2.41. The maximum Gasteiger partial charge on any atom is 0.273 e. The lowest BCUT2D eigenvalue weighted by atomic mass is 9.97. The van der Waals surface area contributed by atoms with Crippen LogP contribution >= 0.6 is 23.4 Å². The number of rotatable bonds is 8. The Morgan fingerprint density at radius 3 is 2.60 bits per heavy atom. The van der Waals surface area contributed by atoms with Crippen LogP contribution in [0.4, 0.5) is 13.2 Å². The van der Waals surface area contributed by atoms with E-state index < -0.39 is 53.8 Å². The van der Waals surface area contributed by atoms with Gasteiger partial charge >= 0.3 is 0 Å². The minimum Gasteiger partial charge on any atom is -0.394 e. The van der Waals surface area contributed by atoms with E-state index in [0.29, 0.717) is 23.0 Å². The van der Waals surface area contributed by atoms with Crippen LogP contribution in [0.2, 0.25) is 5.02 Å². The Labute approximate surface area is 236 Å². The first kappa shape index (κ1) is 28.8. The van der Waals surface area contributed by atoms with Crippen molar-refractivity contribution in [2.45, 2.75) is 48.0 Å². The average molecular weight is 600 g/mol. The van der Waals surface area contributed by atoms with E-state index in [1.165, 1.54) is 17.1 Å². The van der Waals surface area contributed by atoms with Gasteiger partial charge in [0, 0.05) is 36.4 Å². The zero-order chi connectivity index (χ0) is 28.6. The first-order valence-electron chi connectivity index (χ1n) is 12.5. The molecular weight excluding hydrogens is 575 g/mol. The van der Waals surface area contributed by atoms with Crippen LogP contribution in [0.25, 0.3) is 11.3 Å². The molecular formula is C25H25ClF3N5O5S. The zero-order valence-electron chi connectivity index (χ0n) is 21.1. The molecule has 1 amide bonds. The van der Waals surface area contributed by atoms with E-state index in [1.54, 1.807) is 17.9 Å². The Hall–Kier alpha value is -2.75. The molecule has 0 bridgehead atoms. The second-order valence-corrected chi connectivity index (χ2v) is 10.8. The maximum absolute atomic E-state index is 13.8. The Bertz CT molecular complexity index is 1370. The summed E-state index contributed by atoms with van der Waals surface area (Å²) in [6.45, 7) is 2.61. The third kappa shape index (κ3) is 5.56. The minimum atomic E-state index is -1.61. The van der Waals surface area contributed by atoms with E-state index in [-0.39, 0.29) is 29.5 Å². The number of amides is 1. The van der Waals surface area contributed by atoms with E-state index in [1.807, 2.05) is 0 Å². The summed E-state index contributed by atoms with van der Waals surface area (Å²) in [5.74, 6) is -4.65. The van der Waals surface area contributed by atoms with Gasteiger partial charge in [-0.25, -0.2) is 22.8 Å². The van der Waals surface area contributed by atoms with Gasteiger partial charge < -0.3 is 24.6 Å². The number of hydrogen-bond donors (Lipinski definition) is 2. The predicted octanol–water partition coefficient (Wildman–Crippen LogP) is 3.07. The molecule has 5 atom stereocenters. The Morgan fingerprint density at radius 1 is 1.25 bits per heavy atom. The van der Waals surface area contributed by atoms with Gasteiger partial charge in [0.15, 0.2) is 17.5 Å². The summed E-state index contributed by atoms with van der Waals surface area (Å²) in [4.78, 5) is 19.4. The summed E-state index contributed by atoms with van der Waals surface area (Å²) in [5.41, 5.74) is -0.763. The molecule has 15 heteroatoms. The number of likely N-dealkylation sites (tertiary alicyclic amines) is 1. The fourth-order valence-corrected chi connectivity index (χ4v) is 6.04. The normalized spacial score (nSPS) is 24.7. The lowest BCUT2D eigenvalue weighted by Crippen LogP contribution is -2.56. The first-order chi connectivity index (χ1) is 19.2. The predicted molar refractivity (Wildman–Crippen MR) is 137 cm³/mol. The first-order valence-corrected chi connectivity index (χ1v) is 13.7. The van der Waals surface area contributed by atoms with Crippen LogP contribution in [0, 0.1) is 17.5 Å². The van der Waals surface area contributed by atoms with E-state index in [0.717, 1.165) is 30.3 Å². The van der Waals surface area contributed by atoms with Crippen LogP contribution in [-0.4, -0.2) is 91.0 Å². The Balaban J connectivity index is 1.49. The highest BCUT2D eigenvalue weighted by atomic mass is 35.5. The van der Waals surface area contributed by atoms with Crippen LogP contribution in [0.15, 0.2) is 35.5 Å². The van der Waals surface area contributed by atoms with Crippen LogP contribution in [0.5, 0.6) is 0 Å². The maximum atomic E-state index is 13.8. The van der Waals surface area contributed by atoms with Gasteiger partial charge in [-0.2, -0.15) is 0 Å². The van der Waals surface area contributed by atoms with Crippen LogP contribution in [-0.2, 0) is 9.47 Å². The molecule has 10 nitrogen and oxygen atoms in total. The summed E-state index contributed by atoms with van der Waals surface area (Å²) >= 11 is 7.30. The van der Waals surface area contributed by atoms with E-state index in [2.05, 4.69) is 15.3 Å². The molecule has 3 aromatic rings. The molecule has 2 fully saturated rings.